The summed E-state index contributed by atoms with van der Waals surface area (Å²) < 4.78 is 5.01. The van der Waals surface area contributed by atoms with Crippen molar-refractivity contribution in [1.29, 1.82) is 0 Å². The Morgan fingerprint density at radius 2 is 1.45 bits per heavy atom. The quantitative estimate of drug-likeness (QED) is 0.609. The molecule has 0 fully saturated rings. The summed E-state index contributed by atoms with van der Waals surface area (Å²) in [6.07, 6.45) is 0.512. The number of benzene rings is 3. The lowest BCUT2D eigenvalue weighted by atomic mass is 9.86. The second-order valence-corrected chi connectivity index (χ2v) is 7.79. The molecule has 0 aromatic heterocycles. The summed E-state index contributed by atoms with van der Waals surface area (Å²) in [6, 6.07) is 26.8. The number of carbonyl (C=O) groups excluding carboxylic acids is 2. The molecular formula is C26H26N2O3. The van der Waals surface area contributed by atoms with Crippen molar-refractivity contribution in [1.82, 2.24) is 5.32 Å². The third kappa shape index (κ3) is 4.17. The Labute approximate surface area is 182 Å². The van der Waals surface area contributed by atoms with Crippen molar-refractivity contribution >= 4 is 17.7 Å². The summed E-state index contributed by atoms with van der Waals surface area (Å²) in [5.41, 5.74) is 3.58. The maximum atomic E-state index is 13.6. The van der Waals surface area contributed by atoms with Crippen LogP contribution in [-0.2, 0) is 9.53 Å². The number of hydrogen-bond acceptors (Lipinski definition) is 3. The minimum absolute atomic E-state index is 0.161. The lowest BCUT2D eigenvalue weighted by molar-refractivity contribution is -0.142. The second kappa shape index (κ2) is 9.04. The Morgan fingerprint density at radius 3 is 2.03 bits per heavy atom. The van der Waals surface area contributed by atoms with Gasteiger partial charge in [-0.15, -0.1) is 0 Å². The molecule has 2 unspecified atom stereocenters. The molecular weight excluding hydrogens is 388 g/mol. The zero-order valence-corrected chi connectivity index (χ0v) is 17.7. The first-order valence-electron chi connectivity index (χ1n) is 10.5. The van der Waals surface area contributed by atoms with E-state index in [0.717, 1.165) is 22.4 Å². The third-order valence-corrected chi connectivity index (χ3v) is 5.83. The Morgan fingerprint density at radius 1 is 0.903 bits per heavy atom. The lowest BCUT2D eigenvalue weighted by Crippen LogP contribution is -2.50. The highest BCUT2D eigenvalue weighted by atomic mass is 16.5. The van der Waals surface area contributed by atoms with E-state index in [2.05, 4.69) is 5.32 Å². The van der Waals surface area contributed by atoms with E-state index in [4.69, 9.17) is 4.74 Å². The molecule has 0 bridgehead atoms. The highest BCUT2D eigenvalue weighted by Crippen LogP contribution is 2.39. The number of esters is 1. The minimum Gasteiger partial charge on any atom is -0.469 e. The number of amides is 2. The normalized spacial score (nSPS) is 17.7. The molecule has 5 nitrogen and oxygen atoms in total. The zero-order valence-electron chi connectivity index (χ0n) is 17.7. The topological polar surface area (TPSA) is 58.6 Å². The van der Waals surface area contributed by atoms with Gasteiger partial charge in [0.25, 0.3) is 0 Å². The van der Waals surface area contributed by atoms with Crippen LogP contribution >= 0.6 is 0 Å². The van der Waals surface area contributed by atoms with Crippen molar-refractivity contribution in [3.63, 3.8) is 0 Å². The van der Waals surface area contributed by atoms with Gasteiger partial charge in [0.15, 0.2) is 0 Å². The first-order chi connectivity index (χ1) is 15.1. The molecule has 1 N–H and O–H groups in total. The van der Waals surface area contributed by atoms with Crippen LogP contribution in [0, 0.1) is 0 Å². The van der Waals surface area contributed by atoms with Crippen molar-refractivity contribution in [2.45, 2.75) is 31.3 Å². The largest absolute Gasteiger partial charge is 0.469 e. The summed E-state index contributed by atoms with van der Waals surface area (Å²) in [4.78, 5) is 27.7. The van der Waals surface area contributed by atoms with E-state index < -0.39 is 0 Å². The SMILES string of the molecule is COC(=O)C1CC(C)N(C(=O)NC(c2ccccc2)c2ccccc2)c2ccccc21. The molecule has 2 amide bonds. The summed E-state index contributed by atoms with van der Waals surface area (Å²) in [5, 5.41) is 3.22. The molecule has 3 aromatic rings. The number of ether oxygens (including phenoxy) is 1. The molecule has 4 rings (SSSR count). The maximum absolute atomic E-state index is 13.6. The molecule has 2 atom stereocenters. The van der Waals surface area contributed by atoms with E-state index in [9.17, 15) is 9.59 Å². The fourth-order valence-electron chi connectivity index (χ4n) is 4.33. The van der Waals surface area contributed by atoms with E-state index in [1.165, 1.54) is 7.11 Å². The van der Waals surface area contributed by atoms with Crippen LogP contribution in [0.25, 0.3) is 0 Å². The molecule has 0 spiro atoms. The van der Waals surface area contributed by atoms with Gasteiger partial charge < -0.3 is 10.1 Å². The number of carbonyl (C=O) groups is 2. The average Bonchev–Trinajstić information content (AvgIpc) is 2.82. The molecule has 1 aliphatic heterocycles. The molecule has 158 valence electrons. The van der Waals surface area contributed by atoms with E-state index in [-0.39, 0.29) is 30.0 Å². The van der Waals surface area contributed by atoms with Gasteiger partial charge in [0.1, 0.15) is 0 Å². The minimum atomic E-state index is -0.376. The first kappa shape index (κ1) is 20.7. The Balaban J connectivity index is 1.68. The Hall–Kier alpha value is -3.60. The van der Waals surface area contributed by atoms with Crippen LogP contribution in [0.4, 0.5) is 10.5 Å². The number of anilines is 1. The van der Waals surface area contributed by atoms with Crippen LogP contribution in [0.15, 0.2) is 84.9 Å². The van der Waals surface area contributed by atoms with Crippen LogP contribution in [-0.4, -0.2) is 25.2 Å². The number of rotatable bonds is 4. The molecule has 5 heteroatoms. The van der Waals surface area contributed by atoms with Crippen LogP contribution in [0.2, 0.25) is 0 Å². The molecule has 1 aliphatic rings. The van der Waals surface area contributed by atoms with Gasteiger partial charge in [-0.3, -0.25) is 9.69 Å². The number of urea groups is 1. The third-order valence-electron chi connectivity index (χ3n) is 5.83. The van der Waals surface area contributed by atoms with Crippen molar-refractivity contribution in [2.24, 2.45) is 0 Å². The molecule has 3 aromatic carbocycles. The number of nitrogens with one attached hydrogen (secondary N) is 1. The Bertz CT molecular complexity index is 1010. The number of nitrogens with zero attached hydrogens (tertiary/aromatic N) is 1. The van der Waals surface area contributed by atoms with E-state index in [1.807, 2.05) is 91.9 Å². The van der Waals surface area contributed by atoms with Crippen LogP contribution in [0.3, 0.4) is 0 Å². The molecule has 31 heavy (non-hydrogen) atoms. The van der Waals surface area contributed by atoms with E-state index >= 15 is 0 Å². The standard InChI is InChI=1S/C26H26N2O3/c1-18-17-22(25(29)31-2)21-15-9-10-16-23(21)28(18)26(30)27-24(19-11-5-3-6-12-19)20-13-7-4-8-14-20/h3-16,18,22,24H,17H2,1-2H3,(H,27,30). The van der Waals surface area contributed by atoms with Gasteiger partial charge in [0.2, 0.25) is 0 Å². The van der Waals surface area contributed by atoms with Crippen molar-refractivity contribution in [2.75, 3.05) is 12.0 Å². The fraction of sp³-hybridized carbons (Fsp3) is 0.231. The van der Waals surface area contributed by atoms with Crippen molar-refractivity contribution < 1.29 is 14.3 Å². The van der Waals surface area contributed by atoms with E-state index in [0.29, 0.717) is 6.42 Å². The zero-order chi connectivity index (χ0) is 21.8. The van der Waals surface area contributed by atoms with Gasteiger partial charge in [-0.25, -0.2) is 4.79 Å². The number of para-hydroxylation sites is 1. The predicted molar refractivity (Wildman–Crippen MR) is 121 cm³/mol. The van der Waals surface area contributed by atoms with E-state index in [1.54, 1.807) is 4.90 Å². The molecule has 0 saturated carbocycles. The maximum Gasteiger partial charge on any atom is 0.322 e. The monoisotopic (exact) mass is 414 g/mol. The van der Waals surface area contributed by atoms with Crippen molar-refractivity contribution in [3.8, 4) is 0 Å². The van der Waals surface area contributed by atoms with Crippen LogP contribution in [0.5, 0.6) is 0 Å². The number of fused-ring (bicyclic) bond motifs is 1. The molecule has 1 heterocycles. The molecule has 0 saturated heterocycles. The van der Waals surface area contributed by atoms with Gasteiger partial charge in [-0.1, -0.05) is 78.9 Å². The van der Waals surface area contributed by atoms with Gasteiger partial charge in [-0.2, -0.15) is 0 Å². The average molecular weight is 415 g/mol. The summed E-state index contributed by atoms with van der Waals surface area (Å²) in [6.45, 7) is 1.96. The fourth-order valence-corrected chi connectivity index (χ4v) is 4.33. The number of hydrogen-bond donors (Lipinski definition) is 1. The highest BCUT2D eigenvalue weighted by Gasteiger charge is 2.38. The second-order valence-electron chi connectivity index (χ2n) is 7.79. The molecule has 0 radical (unpaired) electrons. The van der Waals surface area contributed by atoms with Gasteiger partial charge in [-0.05, 0) is 36.1 Å². The van der Waals surface area contributed by atoms with Crippen molar-refractivity contribution in [3.05, 3.63) is 102 Å². The summed E-state index contributed by atoms with van der Waals surface area (Å²) in [5.74, 6) is -0.648. The molecule has 0 aliphatic carbocycles. The Kier molecular flexibility index (Phi) is 6.03. The smallest absolute Gasteiger partial charge is 0.322 e. The predicted octanol–water partition coefficient (Wildman–Crippen LogP) is 5.04. The first-order valence-corrected chi connectivity index (χ1v) is 10.5. The lowest BCUT2D eigenvalue weighted by Gasteiger charge is -2.39. The van der Waals surface area contributed by atoms with Crippen LogP contribution < -0.4 is 10.2 Å². The van der Waals surface area contributed by atoms with Gasteiger partial charge >= 0.3 is 12.0 Å². The van der Waals surface area contributed by atoms with Crippen LogP contribution in [0.1, 0.15) is 42.0 Å². The van der Waals surface area contributed by atoms with Gasteiger partial charge in [0.05, 0.1) is 19.1 Å². The highest BCUT2D eigenvalue weighted by molar-refractivity contribution is 5.96. The number of methoxy groups -OCH3 is 1. The summed E-state index contributed by atoms with van der Waals surface area (Å²) in [7, 11) is 1.40. The van der Waals surface area contributed by atoms with Gasteiger partial charge in [0, 0.05) is 11.7 Å². The summed E-state index contributed by atoms with van der Waals surface area (Å²) >= 11 is 0.